The van der Waals surface area contributed by atoms with Gasteiger partial charge in [-0.15, -0.1) is 0 Å². The predicted molar refractivity (Wildman–Crippen MR) is 64.1 cm³/mol. The van der Waals surface area contributed by atoms with Crippen molar-refractivity contribution in [2.45, 2.75) is 13.0 Å². The molecule has 0 aliphatic heterocycles. The summed E-state index contributed by atoms with van der Waals surface area (Å²) in [7, 11) is 1.35. The number of hydrogen-bond acceptors (Lipinski definition) is 6. The summed E-state index contributed by atoms with van der Waals surface area (Å²) in [5.41, 5.74) is 1.03. The highest BCUT2D eigenvalue weighted by molar-refractivity contribution is 7.17. The van der Waals surface area contributed by atoms with Gasteiger partial charge in [-0.2, -0.15) is 5.10 Å². The van der Waals surface area contributed by atoms with Gasteiger partial charge in [0.1, 0.15) is 4.88 Å². The van der Waals surface area contributed by atoms with Gasteiger partial charge in [-0.1, -0.05) is 11.3 Å². The number of thiazole rings is 1. The van der Waals surface area contributed by atoms with Crippen LogP contribution in [0.1, 0.15) is 28.2 Å². The van der Waals surface area contributed by atoms with Gasteiger partial charge in [-0.3, -0.25) is 5.10 Å². The summed E-state index contributed by atoms with van der Waals surface area (Å²) < 4.78 is 4.62. The van der Waals surface area contributed by atoms with Gasteiger partial charge in [0.15, 0.2) is 5.13 Å². The molecule has 7 heteroatoms. The molecule has 2 aromatic heterocycles. The third kappa shape index (κ3) is 2.62. The fourth-order valence-electron chi connectivity index (χ4n) is 1.30. The number of aromatic amines is 1. The monoisotopic (exact) mass is 252 g/mol. The maximum absolute atomic E-state index is 11.2. The molecule has 0 fully saturated rings. The van der Waals surface area contributed by atoms with E-state index in [-0.39, 0.29) is 12.0 Å². The number of hydrogen-bond donors (Lipinski definition) is 2. The van der Waals surface area contributed by atoms with Crippen LogP contribution in [0.3, 0.4) is 0 Å². The van der Waals surface area contributed by atoms with E-state index in [0.29, 0.717) is 10.0 Å². The molecule has 0 aromatic carbocycles. The largest absolute Gasteiger partial charge is 0.465 e. The van der Waals surface area contributed by atoms with Crippen LogP contribution in [0, 0.1) is 0 Å². The minimum absolute atomic E-state index is 0.0744. The van der Waals surface area contributed by atoms with Crippen molar-refractivity contribution in [2.24, 2.45) is 0 Å². The maximum atomic E-state index is 11.2. The van der Waals surface area contributed by atoms with Crippen molar-refractivity contribution in [3.63, 3.8) is 0 Å². The van der Waals surface area contributed by atoms with Crippen LogP contribution in [-0.2, 0) is 4.74 Å². The summed E-state index contributed by atoms with van der Waals surface area (Å²) in [6.07, 6.45) is 5.06. The smallest absolute Gasteiger partial charge is 0.349 e. The van der Waals surface area contributed by atoms with E-state index in [1.165, 1.54) is 24.6 Å². The zero-order valence-corrected chi connectivity index (χ0v) is 10.2. The molecule has 90 valence electrons. The van der Waals surface area contributed by atoms with Gasteiger partial charge in [-0.05, 0) is 6.92 Å². The first-order valence-corrected chi connectivity index (χ1v) is 5.81. The molecule has 2 heterocycles. The zero-order valence-electron chi connectivity index (χ0n) is 9.43. The van der Waals surface area contributed by atoms with Gasteiger partial charge in [0, 0.05) is 11.8 Å². The molecule has 6 nitrogen and oxygen atoms in total. The number of aromatic nitrogens is 3. The Bertz CT molecular complexity index is 494. The zero-order chi connectivity index (χ0) is 12.3. The average molecular weight is 252 g/mol. The van der Waals surface area contributed by atoms with Crippen LogP contribution in [-0.4, -0.2) is 28.3 Å². The summed E-state index contributed by atoms with van der Waals surface area (Å²) in [5, 5.41) is 10.5. The van der Waals surface area contributed by atoms with Crippen molar-refractivity contribution in [1.29, 1.82) is 0 Å². The predicted octanol–water partition coefficient (Wildman–Crippen LogP) is 1.83. The lowest BCUT2D eigenvalue weighted by atomic mass is 10.2. The van der Waals surface area contributed by atoms with Gasteiger partial charge >= 0.3 is 5.97 Å². The second-order valence-electron chi connectivity index (χ2n) is 3.42. The van der Waals surface area contributed by atoms with Crippen molar-refractivity contribution in [2.75, 3.05) is 12.4 Å². The molecule has 17 heavy (non-hydrogen) atoms. The molecule has 0 aliphatic carbocycles. The van der Waals surface area contributed by atoms with E-state index in [1.807, 2.05) is 13.1 Å². The molecule has 0 spiro atoms. The van der Waals surface area contributed by atoms with Crippen LogP contribution in [0.4, 0.5) is 5.13 Å². The summed E-state index contributed by atoms with van der Waals surface area (Å²) in [6.45, 7) is 1.99. The minimum Gasteiger partial charge on any atom is -0.465 e. The van der Waals surface area contributed by atoms with Crippen molar-refractivity contribution in [1.82, 2.24) is 15.2 Å². The number of methoxy groups -OCH3 is 1. The van der Waals surface area contributed by atoms with Crippen LogP contribution in [0.15, 0.2) is 18.6 Å². The van der Waals surface area contributed by atoms with Crippen LogP contribution < -0.4 is 5.32 Å². The Morgan fingerprint density at radius 3 is 3.06 bits per heavy atom. The highest BCUT2D eigenvalue weighted by Crippen LogP contribution is 2.23. The quantitative estimate of drug-likeness (QED) is 0.811. The molecule has 0 amide bonds. The van der Waals surface area contributed by atoms with Gasteiger partial charge in [0.25, 0.3) is 0 Å². The third-order valence-corrected chi connectivity index (χ3v) is 3.16. The molecule has 0 aliphatic rings. The molecule has 1 atom stereocenters. The molecule has 1 unspecified atom stereocenters. The molecule has 0 saturated heterocycles. The molecule has 2 N–H and O–H groups in total. The summed E-state index contributed by atoms with van der Waals surface area (Å²) in [6, 6.07) is 0.0744. The van der Waals surface area contributed by atoms with E-state index < -0.39 is 0 Å². The number of rotatable bonds is 4. The van der Waals surface area contributed by atoms with Gasteiger partial charge in [0.2, 0.25) is 0 Å². The van der Waals surface area contributed by atoms with Crippen LogP contribution >= 0.6 is 11.3 Å². The molecule has 0 bridgehead atoms. The second kappa shape index (κ2) is 4.96. The minimum atomic E-state index is -0.369. The van der Waals surface area contributed by atoms with Crippen molar-refractivity contribution in [3.8, 4) is 0 Å². The van der Waals surface area contributed by atoms with Crippen LogP contribution in [0.2, 0.25) is 0 Å². The van der Waals surface area contributed by atoms with Gasteiger partial charge in [0.05, 0.1) is 25.5 Å². The Morgan fingerprint density at radius 1 is 1.59 bits per heavy atom. The fraction of sp³-hybridized carbons (Fsp3) is 0.300. The third-order valence-electron chi connectivity index (χ3n) is 2.25. The molecular weight excluding hydrogens is 240 g/mol. The molecule has 0 radical (unpaired) electrons. The first-order valence-electron chi connectivity index (χ1n) is 5.00. The van der Waals surface area contributed by atoms with E-state index in [1.54, 1.807) is 6.20 Å². The van der Waals surface area contributed by atoms with E-state index in [4.69, 9.17) is 0 Å². The maximum Gasteiger partial charge on any atom is 0.349 e. The van der Waals surface area contributed by atoms with E-state index in [0.717, 1.165) is 5.56 Å². The lowest BCUT2D eigenvalue weighted by Gasteiger charge is -2.09. The normalized spacial score (nSPS) is 12.1. The van der Waals surface area contributed by atoms with E-state index in [9.17, 15) is 4.79 Å². The summed E-state index contributed by atoms with van der Waals surface area (Å²) >= 11 is 1.26. The van der Waals surface area contributed by atoms with Gasteiger partial charge in [-0.25, -0.2) is 9.78 Å². The number of H-pyrrole nitrogens is 1. The van der Waals surface area contributed by atoms with E-state index in [2.05, 4.69) is 25.2 Å². The first-order chi connectivity index (χ1) is 8.20. The van der Waals surface area contributed by atoms with E-state index >= 15 is 0 Å². The SMILES string of the molecule is COC(=O)c1cnc(NC(C)c2cn[nH]c2)s1. The first kappa shape index (κ1) is 11.6. The number of nitrogens with one attached hydrogen (secondary N) is 2. The van der Waals surface area contributed by atoms with Crippen molar-refractivity contribution < 1.29 is 9.53 Å². The van der Waals surface area contributed by atoms with Crippen molar-refractivity contribution in [3.05, 3.63) is 29.0 Å². The summed E-state index contributed by atoms with van der Waals surface area (Å²) in [5.74, 6) is -0.369. The fourth-order valence-corrected chi connectivity index (χ4v) is 2.12. The number of carbonyl (C=O) groups excluding carboxylic acids is 1. The van der Waals surface area contributed by atoms with Crippen LogP contribution in [0.25, 0.3) is 0 Å². The average Bonchev–Trinajstić information content (AvgIpc) is 2.98. The Kier molecular flexibility index (Phi) is 3.38. The topological polar surface area (TPSA) is 79.9 Å². The Labute approximate surface area is 102 Å². The second-order valence-corrected chi connectivity index (χ2v) is 4.45. The number of carbonyl (C=O) groups is 1. The molecule has 2 rings (SSSR count). The number of esters is 1. The van der Waals surface area contributed by atoms with Crippen molar-refractivity contribution >= 4 is 22.4 Å². The highest BCUT2D eigenvalue weighted by Gasteiger charge is 2.13. The molecule has 0 saturated carbocycles. The highest BCUT2D eigenvalue weighted by atomic mass is 32.1. The standard InChI is InChI=1S/C10H12N4O2S/c1-6(7-3-12-13-4-7)14-10-11-5-8(17-10)9(15)16-2/h3-6H,1-2H3,(H,11,14)(H,12,13). The number of nitrogens with zero attached hydrogens (tertiary/aromatic N) is 2. The number of ether oxygens (including phenoxy) is 1. The Hall–Kier alpha value is -1.89. The molecule has 2 aromatic rings. The Balaban J connectivity index is 2.04. The lowest BCUT2D eigenvalue weighted by molar-refractivity contribution is 0.0606. The summed E-state index contributed by atoms with van der Waals surface area (Å²) in [4.78, 5) is 15.8. The number of anilines is 1. The van der Waals surface area contributed by atoms with Crippen LogP contribution in [0.5, 0.6) is 0 Å². The lowest BCUT2D eigenvalue weighted by Crippen LogP contribution is -2.04. The Morgan fingerprint density at radius 2 is 2.41 bits per heavy atom. The molecular formula is C10H12N4O2S. The van der Waals surface area contributed by atoms with Gasteiger partial charge < -0.3 is 10.1 Å².